The normalized spacial score (nSPS) is 11.4. The molecule has 4 aromatic rings. The van der Waals surface area contributed by atoms with Gasteiger partial charge in [-0.1, -0.05) is 11.6 Å². The molecule has 0 aliphatic heterocycles. The third-order valence-electron chi connectivity index (χ3n) is 4.79. The Hall–Kier alpha value is -3.48. The maximum atomic E-state index is 14.9. The number of amides is 2. The van der Waals surface area contributed by atoms with E-state index in [4.69, 9.17) is 11.6 Å². The maximum absolute atomic E-state index is 14.9. The number of nitrogens with zero attached hydrogens (tertiary/aromatic N) is 2. The number of carbonyl (C=O) groups is 1. The summed E-state index contributed by atoms with van der Waals surface area (Å²) in [7, 11) is -2.38. The molecule has 0 aliphatic rings. The Morgan fingerprint density at radius 1 is 1.18 bits per heavy atom. The minimum atomic E-state index is -4.06. The summed E-state index contributed by atoms with van der Waals surface area (Å²) in [6.07, 6.45) is 1.19. The lowest BCUT2D eigenvalue weighted by Gasteiger charge is -2.12. The third kappa shape index (κ3) is 4.60. The van der Waals surface area contributed by atoms with Crippen molar-refractivity contribution in [2.45, 2.75) is 11.1 Å². The van der Waals surface area contributed by atoms with Gasteiger partial charge in [-0.2, -0.15) is 0 Å². The molecule has 0 atom stereocenters. The van der Waals surface area contributed by atoms with Crippen molar-refractivity contribution in [1.29, 1.82) is 0 Å². The van der Waals surface area contributed by atoms with Crippen LogP contribution in [0.15, 0.2) is 57.8 Å². The van der Waals surface area contributed by atoms with Gasteiger partial charge in [-0.3, -0.25) is 9.36 Å². The Kier molecular flexibility index (Phi) is 6.30. The van der Waals surface area contributed by atoms with E-state index in [2.05, 4.69) is 15.6 Å². The predicted molar refractivity (Wildman–Crippen MR) is 130 cm³/mol. The standard InChI is InChI=1S/C21H17ClFN5O4S2/c1-11-3-6-19(33-11)34(31,32)27-21(30)26-12-4-5-18(15(23)7-12)28-10-25-16-9-17(24-2)14(22)8-13(16)20(28)29/h3-10,24H,1-2H3,(H2,26,27,30). The number of urea groups is 1. The van der Waals surface area contributed by atoms with Crippen LogP contribution in [0.1, 0.15) is 4.88 Å². The van der Waals surface area contributed by atoms with Crippen LogP contribution in [0.25, 0.3) is 16.6 Å². The molecule has 176 valence electrons. The molecule has 0 unspecified atom stereocenters. The monoisotopic (exact) mass is 521 g/mol. The Balaban J connectivity index is 1.59. The first-order valence-corrected chi connectivity index (χ1v) is 12.4. The van der Waals surface area contributed by atoms with Gasteiger partial charge in [0.2, 0.25) is 0 Å². The molecule has 0 saturated carbocycles. The molecular formula is C21H17ClFN5O4S2. The Bertz CT molecular complexity index is 1600. The van der Waals surface area contributed by atoms with Crippen LogP contribution in [0.4, 0.5) is 20.6 Å². The number of sulfonamides is 1. The van der Waals surface area contributed by atoms with Gasteiger partial charge in [-0.15, -0.1) is 11.3 Å². The fraction of sp³-hybridized carbons (Fsp3) is 0.0952. The molecule has 13 heteroatoms. The highest BCUT2D eigenvalue weighted by atomic mass is 35.5. The zero-order valence-electron chi connectivity index (χ0n) is 17.7. The van der Waals surface area contributed by atoms with E-state index in [1.807, 2.05) is 4.72 Å². The maximum Gasteiger partial charge on any atom is 0.333 e. The second-order valence-corrected chi connectivity index (χ2v) is 10.7. The van der Waals surface area contributed by atoms with Crippen LogP contribution in [0.3, 0.4) is 0 Å². The SMILES string of the molecule is CNc1cc2ncn(-c3ccc(NC(=O)NS(=O)(=O)c4ccc(C)s4)cc3F)c(=O)c2cc1Cl. The van der Waals surface area contributed by atoms with Crippen LogP contribution >= 0.6 is 22.9 Å². The number of aromatic nitrogens is 2. The fourth-order valence-electron chi connectivity index (χ4n) is 3.17. The summed E-state index contributed by atoms with van der Waals surface area (Å²) in [6.45, 7) is 1.73. The number of fused-ring (bicyclic) bond motifs is 1. The molecule has 34 heavy (non-hydrogen) atoms. The minimum absolute atomic E-state index is 0.0141. The summed E-state index contributed by atoms with van der Waals surface area (Å²) in [5, 5.41) is 5.66. The van der Waals surface area contributed by atoms with Gasteiger partial charge >= 0.3 is 6.03 Å². The molecule has 0 aliphatic carbocycles. The molecule has 0 bridgehead atoms. The first-order chi connectivity index (χ1) is 16.1. The number of rotatable bonds is 5. The Morgan fingerprint density at radius 3 is 2.59 bits per heavy atom. The van der Waals surface area contributed by atoms with E-state index in [1.54, 1.807) is 26.1 Å². The summed E-state index contributed by atoms with van der Waals surface area (Å²) < 4.78 is 42.3. The van der Waals surface area contributed by atoms with Crippen molar-refractivity contribution in [3.05, 3.63) is 74.9 Å². The fourth-order valence-corrected chi connectivity index (χ4v) is 5.62. The second-order valence-electron chi connectivity index (χ2n) is 7.11. The van der Waals surface area contributed by atoms with E-state index in [0.29, 0.717) is 16.2 Å². The van der Waals surface area contributed by atoms with Gasteiger partial charge in [0.05, 0.1) is 27.3 Å². The van der Waals surface area contributed by atoms with Crippen molar-refractivity contribution >= 4 is 61.3 Å². The number of anilines is 2. The molecule has 0 spiro atoms. The lowest BCUT2D eigenvalue weighted by Crippen LogP contribution is -2.34. The van der Waals surface area contributed by atoms with Crippen molar-refractivity contribution in [2.75, 3.05) is 17.7 Å². The molecule has 0 radical (unpaired) electrons. The first-order valence-electron chi connectivity index (χ1n) is 9.68. The van der Waals surface area contributed by atoms with Crippen LogP contribution in [-0.4, -0.2) is 31.0 Å². The highest BCUT2D eigenvalue weighted by Crippen LogP contribution is 2.26. The molecule has 2 amide bonds. The highest BCUT2D eigenvalue weighted by molar-refractivity contribution is 7.92. The Morgan fingerprint density at radius 2 is 1.94 bits per heavy atom. The van der Waals surface area contributed by atoms with Crippen LogP contribution in [-0.2, 0) is 10.0 Å². The number of benzene rings is 2. The van der Waals surface area contributed by atoms with Gasteiger partial charge < -0.3 is 10.6 Å². The molecule has 0 fully saturated rings. The van der Waals surface area contributed by atoms with Crippen LogP contribution < -0.4 is 20.9 Å². The van der Waals surface area contributed by atoms with E-state index in [-0.39, 0.29) is 21.0 Å². The number of hydrogen-bond donors (Lipinski definition) is 3. The van der Waals surface area contributed by atoms with Crippen LogP contribution in [0.2, 0.25) is 5.02 Å². The van der Waals surface area contributed by atoms with Crippen LogP contribution in [0, 0.1) is 12.7 Å². The van der Waals surface area contributed by atoms with Crippen molar-refractivity contribution in [3.8, 4) is 5.69 Å². The smallest absolute Gasteiger partial charge is 0.333 e. The van der Waals surface area contributed by atoms with E-state index >= 15 is 0 Å². The van der Waals surface area contributed by atoms with E-state index < -0.39 is 27.4 Å². The Labute approximate surface area is 202 Å². The first kappa shape index (κ1) is 23.7. The predicted octanol–water partition coefficient (Wildman–Crippen LogP) is 4.10. The summed E-state index contributed by atoms with van der Waals surface area (Å²) in [6, 6.07) is 8.55. The van der Waals surface area contributed by atoms with Gasteiger partial charge in [0.25, 0.3) is 15.6 Å². The van der Waals surface area contributed by atoms with Crippen molar-refractivity contribution < 1.29 is 17.6 Å². The number of halogens is 2. The zero-order valence-corrected chi connectivity index (χ0v) is 20.1. The highest BCUT2D eigenvalue weighted by Gasteiger charge is 2.20. The molecule has 4 rings (SSSR count). The molecule has 2 aromatic heterocycles. The number of thiophene rings is 1. The molecular weight excluding hydrogens is 505 g/mol. The summed E-state index contributed by atoms with van der Waals surface area (Å²) in [5.74, 6) is -0.837. The minimum Gasteiger partial charge on any atom is -0.387 e. The third-order valence-corrected chi connectivity index (χ3v) is 7.93. The lowest BCUT2D eigenvalue weighted by atomic mass is 10.2. The summed E-state index contributed by atoms with van der Waals surface area (Å²) in [4.78, 5) is 30.0. The summed E-state index contributed by atoms with van der Waals surface area (Å²) in [5.41, 5.74) is 0.312. The average molecular weight is 522 g/mol. The lowest BCUT2D eigenvalue weighted by molar-refractivity contribution is 0.256. The number of nitrogens with one attached hydrogen (secondary N) is 3. The van der Waals surface area contributed by atoms with Crippen molar-refractivity contribution in [2.24, 2.45) is 0 Å². The topological polar surface area (TPSA) is 122 Å². The van der Waals surface area contributed by atoms with E-state index in [9.17, 15) is 22.4 Å². The van der Waals surface area contributed by atoms with E-state index in [1.165, 1.54) is 30.6 Å². The van der Waals surface area contributed by atoms with Gasteiger partial charge in [0.15, 0.2) is 0 Å². The van der Waals surface area contributed by atoms with Gasteiger partial charge in [0, 0.05) is 17.6 Å². The van der Waals surface area contributed by atoms with Crippen molar-refractivity contribution in [3.63, 3.8) is 0 Å². The number of aryl methyl sites for hydroxylation is 1. The largest absolute Gasteiger partial charge is 0.387 e. The second kappa shape index (κ2) is 9.05. The molecule has 2 heterocycles. The zero-order chi connectivity index (χ0) is 24.6. The summed E-state index contributed by atoms with van der Waals surface area (Å²) >= 11 is 7.17. The van der Waals surface area contributed by atoms with Crippen LogP contribution in [0.5, 0.6) is 0 Å². The molecule has 2 aromatic carbocycles. The van der Waals surface area contributed by atoms with Gasteiger partial charge in [-0.05, 0) is 49.4 Å². The van der Waals surface area contributed by atoms with E-state index in [0.717, 1.165) is 26.8 Å². The number of carbonyl (C=O) groups excluding carboxylic acids is 1. The quantitative estimate of drug-likeness (QED) is 0.363. The number of hydrogen-bond acceptors (Lipinski definition) is 7. The van der Waals surface area contributed by atoms with Crippen molar-refractivity contribution in [1.82, 2.24) is 14.3 Å². The molecule has 3 N–H and O–H groups in total. The van der Waals surface area contributed by atoms with Gasteiger partial charge in [-0.25, -0.2) is 27.3 Å². The average Bonchev–Trinajstić information content (AvgIpc) is 3.22. The van der Waals surface area contributed by atoms with Gasteiger partial charge in [0.1, 0.15) is 16.4 Å². The molecule has 9 nitrogen and oxygen atoms in total. The molecule has 0 saturated heterocycles.